The van der Waals surface area contributed by atoms with Crippen molar-refractivity contribution in [3.8, 4) is 0 Å². The van der Waals surface area contributed by atoms with Crippen LogP contribution in [0.2, 0.25) is 0 Å². The van der Waals surface area contributed by atoms with Crippen molar-refractivity contribution in [1.82, 2.24) is 15.2 Å². The van der Waals surface area contributed by atoms with E-state index in [1.807, 2.05) is 22.4 Å². The number of hydrogen-bond donors (Lipinski definition) is 1. The zero-order valence-electron chi connectivity index (χ0n) is 15.4. The predicted octanol–water partition coefficient (Wildman–Crippen LogP) is 3.39. The third-order valence-corrected chi connectivity index (χ3v) is 6.30. The molecule has 5 nitrogen and oxygen atoms in total. The Labute approximate surface area is 163 Å². The number of amides is 2. The molecule has 4 rings (SSSR count). The minimum Gasteiger partial charge on any atom is -0.350 e. The van der Waals surface area contributed by atoms with Gasteiger partial charge in [0, 0.05) is 37.2 Å². The summed E-state index contributed by atoms with van der Waals surface area (Å²) in [5.41, 5.74) is 3.52. The molecule has 1 aromatic carbocycles. The second-order valence-electron chi connectivity index (χ2n) is 7.42. The van der Waals surface area contributed by atoms with Gasteiger partial charge in [-0.1, -0.05) is 24.3 Å². The summed E-state index contributed by atoms with van der Waals surface area (Å²) in [6, 6.07) is 8.30. The summed E-state index contributed by atoms with van der Waals surface area (Å²) in [4.78, 5) is 30.9. The molecule has 1 saturated carbocycles. The van der Waals surface area contributed by atoms with E-state index in [-0.39, 0.29) is 11.8 Å². The number of nitrogens with one attached hydrogen (secondary N) is 1. The lowest BCUT2D eigenvalue weighted by Crippen LogP contribution is -2.36. The van der Waals surface area contributed by atoms with Gasteiger partial charge in [-0.25, -0.2) is 4.98 Å². The molecular formula is C21H25N3O2S. The van der Waals surface area contributed by atoms with Crippen LogP contribution in [-0.4, -0.2) is 28.2 Å². The van der Waals surface area contributed by atoms with E-state index in [4.69, 9.17) is 0 Å². The fourth-order valence-electron chi connectivity index (χ4n) is 3.47. The van der Waals surface area contributed by atoms with Gasteiger partial charge in [-0.15, -0.1) is 11.3 Å². The predicted molar refractivity (Wildman–Crippen MR) is 105 cm³/mol. The first-order chi connectivity index (χ1) is 13.2. The quantitative estimate of drug-likeness (QED) is 0.797. The summed E-state index contributed by atoms with van der Waals surface area (Å²) in [6.07, 6.45) is 4.81. The van der Waals surface area contributed by atoms with Gasteiger partial charge in [0.05, 0.1) is 17.2 Å². The van der Waals surface area contributed by atoms with Crippen LogP contribution in [0, 0.1) is 0 Å². The van der Waals surface area contributed by atoms with E-state index in [0.29, 0.717) is 38.3 Å². The third-order valence-electron chi connectivity index (χ3n) is 5.24. The Morgan fingerprint density at radius 1 is 1.19 bits per heavy atom. The average Bonchev–Trinajstić information content (AvgIpc) is 3.44. The van der Waals surface area contributed by atoms with Gasteiger partial charge in [0.2, 0.25) is 11.8 Å². The van der Waals surface area contributed by atoms with Crippen LogP contribution in [0.5, 0.6) is 0 Å². The second kappa shape index (κ2) is 8.21. The third kappa shape index (κ3) is 4.75. The molecule has 1 aliphatic heterocycles. The van der Waals surface area contributed by atoms with E-state index in [0.717, 1.165) is 18.7 Å². The Kier molecular flexibility index (Phi) is 5.53. The van der Waals surface area contributed by atoms with Crippen LogP contribution in [0.15, 0.2) is 29.6 Å². The molecule has 0 bridgehead atoms. The van der Waals surface area contributed by atoms with Crippen molar-refractivity contribution in [3.63, 3.8) is 0 Å². The number of benzene rings is 1. The van der Waals surface area contributed by atoms with E-state index in [2.05, 4.69) is 22.4 Å². The largest absolute Gasteiger partial charge is 0.350 e. The molecule has 1 aliphatic carbocycles. The molecule has 142 valence electrons. The maximum Gasteiger partial charge on any atom is 0.222 e. The monoisotopic (exact) mass is 383 g/mol. The summed E-state index contributed by atoms with van der Waals surface area (Å²) >= 11 is 1.69. The Bertz CT molecular complexity index is 828. The maximum atomic E-state index is 12.4. The summed E-state index contributed by atoms with van der Waals surface area (Å²) in [6.45, 7) is 1.95. The zero-order chi connectivity index (χ0) is 18.6. The number of aromatic nitrogens is 1. The standard InChI is InChI=1S/C21H25N3O2S/c25-19(22-12-18-14-27-21(23-18)16-8-9-16)6-3-7-20(26)24-11-10-15-4-1-2-5-17(15)13-24/h1-2,4-5,14,16H,3,6-13H2,(H,22,25). The van der Waals surface area contributed by atoms with Crippen molar-refractivity contribution in [2.75, 3.05) is 6.54 Å². The molecule has 27 heavy (non-hydrogen) atoms. The van der Waals surface area contributed by atoms with Gasteiger partial charge in [-0.2, -0.15) is 0 Å². The van der Waals surface area contributed by atoms with Crippen LogP contribution in [0.25, 0.3) is 0 Å². The maximum absolute atomic E-state index is 12.4. The number of carbonyl (C=O) groups is 2. The fourth-order valence-corrected chi connectivity index (χ4v) is 4.46. The first kappa shape index (κ1) is 18.2. The Balaban J connectivity index is 1.16. The van der Waals surface area contributed by atoms with Crippen LogP contribution in [0.1, 0.15) is 59.9 Å². The number of carbonyl (C=O) groups excluding carboxylic acids is 2. The molecule has 6 heteroatoms. The second-order valence-corrected chi connectivity index (χ2v) is 8.31. The van der Waals surface area contributed by atoms with Gasteiger partial charge >= 0.3 is 0 Å². The van der Waals surface area contributed by atoms with Crippen molar-refractivity contribution in [2.24, 2.45) is 0 Å². The molecule has 1 fully saturated rings. The Morgan fingerprint density at radius 3 is 2.81 bits per heavy atom. The van der Waals surface area contributed by atoms with Crippen LogP contribution in [-0.2, 0) is 29.1 Å². The number of rotatable bonds is 7. The lowest BCUT2D eigenvalue weighted by atomic mass is 9.99. The molecule has 2 aliphatic rings. The minimum atomic E-state index is -0.00670. The van der Waals surface area contributed by atoms with Crippen LogP contribution >= 0.6 is 11.3 Å². The average molecular weight is 384 g/mol. The van der Waals surface area contributed by atoms with Gasteiger partial charge in [0.15, 0.2) is 0 Å². The van der Waals surface area contributed by atoms with Crippen molar-refractivity contribution in [3.05, 3.63) is 51.5 Å². The van der Waals surface area contributed by atoms with Crippen molar-refractivity contribution in [1.29, 1.82) is 0 Å². The van der Waals surface area contributed by atoms with E-state index in [1.54, 1.807) is 11.3 Å². The van der Waals surface area contributed by atoms with Gasteiger partial charge in [0.1, 0.15) is 0 Å². The molecule has 1 N–H and O–H groups in total. The molecule has 0 spiro atoms. The van der Waals surface area contributed by atoms with E-state index >= 15 is 0 Å². The van der Waals surface area contributed by atoms with E-state index < -0.39 is 0 Å². The normalized spacial score (nSPS) is 16.1. The highest BCUT2D eigenvalue weighted by molar-refractivity contribution is 7.09. The molecule has 2 amide bonds. The van der Waals surface area contributed by atoms with E-state index in [9.17, 15) is 9.59 Å². The first-order valence-corrected chi connectivity index (χ1v) is 10.6. The molecule has 1 aromatic heterocycles. The summed E-state index contributed by atoms with van der Waals surface area (Å²) < 4.78 is 0. The minimum absolute atomic E-state index is 0.00670. The molecule has 0 saturated heterocycles. The van der Waals surface area contributed by atoms with E-state index in [1.165, 1.54) is 29.0 Å². The van der Waals surface area contributed by atoms with Gasteiger partial charge in [0.25, 0.3) is 0 Å². The Hall–Kier alpha value is -2.21. The van der Waals surface area contributed by atoms with Gasteiger partial charge < -0.3 is 10.2 Å². The summed E-state index contributed by atoms with van der Waals surface area (Å²) in [5.74, 6) is 0.797. The summed E-state index contributed by atoms with van der Waals surface area (Å²) in [5, 5.41) is 6.15. The number of nitrogens with zero attached hydrogens (tertiary/aromatic N) is 2. The van der Waals surface area contributed by atoms with Crippen molar-refractivity contribution < 1.29 is 9.59 Å². The Morgan fingerprint density at radius 2 is 2.00 bits per heavy atom. The summed E-state index contributed by atoms with van der Waals surface area (Å²) in [7, 11) is 0. The van der Waals surface area contributed by atoms with Crippen LogP contribution in [0.4, 0.5) is 0 Å². The zero-order valence-corrected chi connectivity index (χ0v) is 16.3. The topological polar surface area (TPSA) is 62.3 Å². The number of fused-ring (bicyclic) bond motifs is 1. The van der Waals surface area contributed by atoms with Crippen molar-refractivity contribution >= 4 is 23.2 Å². The molecular weight excluding hydrogens is 358 g/mol. The molecule has 2 aromatic rings. The van der Waals surface area contributed by atoms with Crippen molar-refractivity contribution in [2.45, 2.75) is 57.5 Å². The van der Waals surface area contributed by atoms with Gasteiger partial charge in [-0.3, -0.25) is 9.59 Å². The van der Waals surface area contributed by atoms with Crippen LogP contribution < -0.4 is 5.32 Å². The lowest BCUT2D eigenvalue weighted by molar-refractivity contribution is -0.132. The highest BCUT2D eigenvalue weighted by Gasteiger charge is 2.26. The lowest BCUT2D eigenvalue weighted by Gasteiger charge is -2.29. The fraction of sp³-hybridized carbons (Fsp3) is 0.476. The first-order valence-electron chi connectivity index (χ1n) is 9.74. The van der Waals surface area contributed by atoms with Crippen LogP contribution in [0.3, 0.4) is 0 Å². The molecule has 0 atom stereocenters. The van der Waals surface area contributed by atoms with Gasteiger partial charge in [-0.05, 0) is 36.8 Å². The molecule has 0 unspecified atom stereocenters. The molecule has 2 heterocycles. The highest BCUT2D eigenvalue weighted by Crippen LogP contribution is 2.41. The SMILES string of the molecule is O=C(CCCC(=O)N1CCc2ccccc2C1)NCc1csc(C2CC2)n1. The number of hydrogen-bond acceptors (Lipinski definition) is 4. The smallest absolute Gasteiger partial charge is 0.222 e. The number of thiazole rings is 1. The molecule has 0 radical (unpaired) electrons. The highest BCUT2D eigenvalue weighted by atomic mass is 32.1.